The van der Waals surface area contributed by atoms with E-state index in [0.717, 1.165) is 38.2 Å². The lowest BCUT2D eigenvalue weighted by molar-refractivity contribution is 0.143. The molecule has 0 saturated carbocycles. The van der Waals surface area contributed by atoms with Crippen LogP contribution in [0, 0.1) is 11.7 Å². The molecule has 2 rings (SSSR count). The maximum Gasteiger partial charge on any atom is 0.123 e. The smallest absolute Gasteiger partial charge is 0.123 e. The van der Waals surface area contributed by atoms with Crippen molar-refractivity contribution in [3.8, 4) is 0 Å². The van der Waals surface area contributed by atoms with Crippen molar-refractivity contribution in [2.75, 3.05) is 31.7 Å². The number of aliphatic hydroxyl groups is 1. The molecule has 1 N–H and O–H groups in total. The molecule has 3 nitrogen and oxygen atoms in total. The van der Waals surface area contributed by atoms with E-state index in [0.29, 0.717) is 11.5 Å². The highest BCUT2D eigenvalue weighted by Crippen LogP contribution is 2.30. The van der Waals surface area contributed by atoms with Crippen molar-refractivity contribution in [2.45, 2.75) is 25.9 Å². The Bertz CT molecular complexity index is 421. The monoisotopic (exact) mass is 267 g/mol. The Morgan fingerprint density at radius 1 is 1.53 bits per heavy atom. The molecule has 1 aromatic rings. The van der Waals surface area contributed by atoms with Crippen LogP contribution in [0.5, 0.6) is 0 Å². The summed E-state index contributed by atoms with van der Waals surface area (Å²) >= 11 is 0. The topological polar surface area (TPSA) is 32.7 Å². The molecule has 1 aromatic carbocycles. The van der Waals surface area contributed by atoms with Gasteiger partial charge in [0.2, 0.25) is 0 Å². The molecule has 1 fully saturated rings. The lowest BCUT2D eigenvalue weighted by Gasteiger charge is -2.35. The Morgan fingerprint density at radius 2 is 2.32 bits per heavy atom. The highest BCUT2D eigenvalue weighted by atomic mass is 19.1. The summed E-state index contributed by atoms with van der Waals surface area (Å²) in [4.78, 5) is 2.23. The number of halogens is 1. The molecule has 19 heavy (non-hydrogen) atoms. The van der Waals surface area contributed by atoms with Crippen LogP contribution in [0.25, 0.3) is 0 Å². The summed E-state index contributed by atoms with van der Waals surface area (Å²) in [6.07, 6.45) is 1.61. The molecule has 1 saturated heterocycles. The zero-order valence-corrected chi connectivity index (χ0v) is 11.6. The Labute approximate surface area is 114 Å². The van der Waals surface area contributed by atoms with Crippen LogP contribution in [0.2, 0.25) is 0 Å². The third-order valence-electron chi connectivity index (χ3n) is 3.70. The van der Waals surface area contributed by atoms with Gasteiger partial charge in [-0.15, -0.1) is 0 Å². The first-order valence-corrected chi connectivity index (χ1v) is 6.83. The van der Waals surface area contributed by atoms with Crippen molar-refractivity contribution >= 4 is 5.69 Å². The van der Waals surface area contributed by atoms with Gasteiger partial charge in [0.05, 0.1) is 12.7 Å². The highest BCUT2D eigenvalue weighted by Gasteiger charge is 2.23. The number of hydrogen-bond acceptors (Lipinski definition) is 3. The van der Waals surface area contributed by atoms with E-state index in [1.54, 1.807) is 20.1 Å². The van der Waals surface area contributed by atoms with E-state index >= 15 is 0 Å². The molecule has 0 aromatic heterocycles. The Balaban J connectivity index is 2.20. The zero-order valence-electron chi connectivity index (χ0n) is 11.6. The van der Waals surface area contributed by atoms with Crippen LogP contribution in [0.1, 0.15) is 31.4 Å². The maximum atomic E-state index is 13.3. The van der Waals surface area contributed by atoms with Gasteiger partial charge < -0.3 is 14.7 Å². The van der Waals surface area contributed by atoms with E-state index in [-0.39, 0.29) is 5.82 Å². The molecule has 0 spiro atoms. The Hall–Kier alpha value is -1.13. The van der Waals surface area contributed by atoms with Gasteiger partial charge in [-0.2, -0.15) is 0 Å². The van der Waals surface area contributed by atoms with Crippen molar-refractivity contribution in [3.05, 3.63) is 29.6 Å². The van der Waals surface area contributed by atoms with E-state index in [4.69, 9.17) is 4.74 Å². The van der Waals surface area contributed by atoms with Crippen LogP contribution < -0.4 is 4.90 Å². The molecule has 4 heteroatoms. The molecule has 0 radical (unpaired) electrons. The predicted octanol–water partition coefficient (Wildman–Crippen LogP) is 2.74. The number of ether oxygens (including phenoxy) is 1. The van der Waals surface area contributed by atoms with Gasteiger partial charge >= 0.3 is 0 Å². The molecule has 0 amide bonds. The lowest BCUT2D eigenvalue weighted by Crippen LogP contribution is -2.37. The predicted molar refractivity (Wildman–Crippen MR) is 73.8 cm³/mol. The van der Waals surface area contributed by atoms with Crippen molar-refractivity contribution in [1.29, 1.82) is 0 Å². The van der Waals surface area contributed by atoms with Crippen molar-refractivity contribution < 1.29 is 14.2 Å². The molecule has 106 valence electrons. The SMILES string of the molecule is COCC1CCCN(c2ccc(F)cc2C(C)O)C1. The van der Waals surface area contributed by atoms with E-state index in [1.807, 2.05) is 0 Å². The summed E-state index contributed by atoms with van der Waals surface area (Å²) in [6.45, 7) is 4.28. The third kappa shape index (κ3) is 3.45. The number of aliphatic hydroxyl groups excluding tert-OH is 1. The largest absolute Gasteiger partial charge is 0.389 e. The van der Waals surface area contributed by atoms with Crippen LogP contribution in [0.3, 0.4) is 0 Å². The zero-order chi connectivity index (χ0) is 13.8. The van der Waals surface area contributed by atoms with Gasteiger partial charge in [0.25, 0.3) is 0 Å². The average molecular weight is 267 g/mol. The number of benzene rings is 1. The van der Waals surface area contributed by atoms with Crippen molar-refractivity contribution in [1.82, 2.24) is 0 Å². The van der Waals surface area contributed by atoms with E-state index < -0.39 is 6.10 Å². The third-order valence-corrected chi connectivity index (χ3v) is 3.70. The molecular weight excluding hydrogens is 245 g/mol. The average Bonchev–Trinajstić information content (AvgIpc) is 2.39. The van der Waals surface area contributed by atoms with Gasteiger partial charge in [-0.1, -0.05) is 0 Å². The summed E-state index contributed by atoms with van der Waals surface area (Å²) < 4.78 is 18.5. The molecular formula is C15H22FNO2. The van der Waals surface area contributed by atoms with Gasteiger partial charge in [-0.3, -0.25) is 0 Å². The molecule has 0 aliphatic carbocycles. The summed E-state index contributed by atoms with van der Waals surface area (Å²) in [5.41, 5.74) is 1.61. The maximum absolute atomic E-state index is 13.3. The first-order valence-electron chi connectivity index (χ1n) is 6.83. The van der Waals surface area contributed by atoms with Crippen molar-refractivity contribution in [2.24, 2.45) is 5.92 Å². The highest BCUT2D eigenvalue weighted by molar-refractivity contribution is 5.55. The normalized spacial score (nSPS) is 21.5. The van der Waals surface area contributed by atoms with Gasteiger partial charge in [0.15, 0.2) is 0 Å². The second kappa shape index (κ2) is 6.35. The number of nitrogens with zero attached hydrogens (tertiary/aromatic N) is 1. The fourth-order valence-corrected chi connectivity index (χ4v) is 2.80. The summed E-state index contributed by atoms with van der Waals surface area (Å²) in [5, 5.41) is 9.81. The number of rotatable bonds is 4. The summed E-state index contributed by atoms with van der Waals surface area (Å²) in [7, 11) is 1.72. The van der Waals surface area contributed by atoms with Gasteiger partial charge in [-0.25, -0.2) is 4.39 Å². The van der Waals surface area contributed by atoms with Gasteiger partial charge in [-0.05, 0) is 43.9 Å². The minimum absolute atomic E-state index is 0.301. The van der Waals surface area contributed by atoms with E-state index in [1.165, 1.54) is 12.1 Å². The van der Waals surface area contributed by atoms with Crippen LogP contribution in [0.15, 0.2) is 18.2 Å². The fourth-order valence-electron chi connectivity index (χ4n) is 2.80. The molecule has 1 aliphatic rings. The van der Waals surface area contributed by atoms with E-state index in [2.05, 4.69) is 4.90 Å². The van der Waals surface area contributed by atoms with E-state index in [9.17, 15) is 9.50 Å². The van der Waals surface area contributed by atoms with Gasteiger partial charge in [0.1, 0.15) is 5.82 Å². The molecule has 0 bridgehead atoms. The first kappa shape index (κ1) is 14.3. The van der Waals surface area contributed by atoms with Crippen LogP contribution >= 0.6 is 0 Å². The second-order valence-electron chi connectivity index (χ2n) is 5.29. The van der Waals surface area contributed by atoms with Crippen LogP contribution in [-0.4, -0.2) is 31.9 Å². The number of anilines is 1. The second-order valence-corrected chi connectivity index (χ2v) is 5.29. The first-order chi connectivity index (χ1) is 9.11. The Kier molecular flexibility index (Phi) is 4.77. The van der Waals surface area contributed by atoms with Crippen molar-refractivity contribution in [3.63, 3.8) is 0 Å². The quantitative estimate of drug-likeness (QED) is 0.910. The van der Waals surface area contributed by atoms with Gasteiger partial charge in [0, 0.05) is 31.5 Å². The lowest BCUT2D eigenvalue weighted by atomic mass is 9.97. The fraction of sp³-hybridized carbons (Fsp3) is 0.600. The number of hydrogen-bond donors (Lipinski definition) is 1. The minimum atomic E-state index is -0.659. The molecule has 1 aliphatic heterocycles. The molecule has 2 atom stereocenters. The van der Waals surface area contributed by atoms with Crippen LogP contribution in [0.4, 0.5) is 10.1 Å². The summed E-state index contributed by atoms with van der Waals surface area (Å²) in [5.74, 6) is 0.204. The summed E-state index contributed by atoms with van der Waals surface area (Å²) in [6, 6.07) is 4.66. The van der Waals surface area contributed by atoms with Crippen LogP contribution in [-0.2, 0) is 4.74 Å². The number of piperidine rings is 1. The molecule has 1 heterocycles. The minimum Gasteiger partial charge on any atom is -0.389 e. The Morgan fingerprint density at radius 3 is 3.00 bits per heavy atom. The standard InChI is InChI=1S/C15H22FNO2/c1-11(18)14-8-13(16)5-6-15(14)17-7-3-4-12(9-17)10-19-2/h5-6,8,11-12,18H,3-4,7,9-10H2,1-2H3. The molecule has 2 unspecified atom stereocenters. The number of methoxy groups -OCH3 is 1.